The van der Waals surface area contributed by atoms with Crippen molar-refractivity contribution in [2.24, 2.45) is 5.73 Å². The van der Waals surface area contributed by atoms with Gasteiger partial charge in [0.25, 0.3) is 0 Å². The number of nitrogens with two attached hydrogens (primary N) is 1. The average Bonchev–Trinajstić information content (AvgIpc) is 3.47. The largest absolute Gasteiger partial charge is 0.367 e. The van der Waals surface area contributed by atoms with E-state index in [9.17, 15) is 4.79 Å². The molecule has 1 aromatic carbocycles. The maximum absolute atomic E-state index is 11.7. The Morgan fingerprint density at radius 1 is 1.22 bits per heavy atom. The molecule has 2 aromatic heterocycles. The van der Waals surface area contributed by atoms with E-state index in [1.165, 1.54) is 0 Å². The zero-order chi connectivity index (χ0) is 18.4. The smallest absolute Gasteiger partial charge is 0.248 e. The predicted octanol–water partition coefficient (Wildman–Crippen LogP) is 2.93. The molecular formula is C20H20N4O2S. The van der Waals surface area contributed by atoms with Crippen LogP contribution in [0.5, 0.6) is 0 Å². The highest BCUT2D eigenvalue weighted by molar-refractivity contribution is 7.17. The molecule has 6 nitrogen and oxygen atoms in total. The molecule has 2 fully saturated rings. The van der Waals surface area contributed by atoms with Gasteiger partial charge in [0.05, 0.1) is 18.5 Å². The molecule has 1 aliphatic heterocycles. The van der Waals surface area contributed by atoms with E-state index in [4.69, 9.17) is 20.4 Å². The first-order valence-electron chi connectivity index (χ1n) is 9.21. The van der Waals surface area contributed by atoms with E-state index in [1.54, 1.807) is 11.3 Å². The number of benzene rings is 1. The number of fused-ring (bicyclic) bond motifs is 1. The van der Waals surface area contributed by atoms with Crippen molar-refractivity contribution in [2.45, 2.75) is 24.9 Å². The molecular weight excluding hydrogens is 360 g/mol. The van der Waals surface area contributed by atoms with E-state index in [0.717, 1.165) is 45.8 Å². The van der Waals surface area contributed by atoms with Gasteiger partial charge in [-0.05, 0) is 18.4 Å². The summed E-state index contributed by atoms with van der Waals surface area (Å²) in [5.74, 6) is 1.85. The molecule has 138 valence electrons. The highest BCUT2D eigenvalue weighted by Crippen LogP contribution is 2.43. The van der Waals surface area contributed by atoms with Gasteiger partial charge in [0, 0.05) is 23.4 Å². The fraction of sp³-hybridized carbons (Fsp3) is 0.350. The second-order valence-corrected chi connectivity index (χ2v) is 7.94. The number of thiophene rings is 1. The second-order valence-electron chi connectivity index (χ2n) is 7.08. The van der Waals surface area contributed by atoms with Gasteiger partial charge < -0.3 is 15.4 Å². The number of nitrogens with zero attached hydrogens (tertiary/aromatic N) is 3. The van der Waals surface area contributed by atoms with E-state index in [1.807, 2.05) is 18.2 Å². The summed E-state index contributed by atoms with van der Waals surface area (Å²) in [6, 6.07) is 10.3. The maximum Gasteiger partial charge on any atom is 0.248 e. The van der Waals surface area contributed by atoms with Gasteiger partial charge in [-0.15, -0.1) is 11.3 Å². The van der Waals surface area contributed by atoms with Gasteiger partial charge in [0.15, 0.2) is 6.10 Å². The third-order valence-corrected chi connectivity index (χ3v) is 6.01. The molecule has 3 heterocycles. The topological polar surface area (TPSA) is 81.3 Å². The van der Waals surface area contributed by atoms with Crippen LogP contribution in [0.2, 0.25) is 0 Å². The molecule has 0 bridgehead atoms. The van der Waals surface area contributed by atoms with E-state index >= 15 is 0 Å². The van der Waals surface area contributed by atoms with Crippen molar-refractivity contribution >= 4 is 33.3 Å². The third-order valence-electron chi connectivity index (χ3n) is 5.14. The fourth-order valence-corrected chi connectivity index (χ4v) is 4.49. The summed E-state index contributed by atoms with van der Waals surface area (Å²) in [5.41, 5.74) is 7.77. The van der Waals surface area contributed by atoms with Gasteiger partial charge in [-0.2, -0.15) is 0 Å². The molecule has 1 saturated carbocycles. The number of ether oxygens (including phenoxy) is 1. The minimum absolute atomic E-state index is 0.426. The van der Waals surface area contributed by atoms with Gasteiger partial charge in [-0.25, -0.2) is 9.97 Å². The summed E-state index contributed by atoms with van der Waals surface area (Å²) in [6.07, 6.45) is 1.69. The predicted molar refractivity (Wildman–Crippen MR) is 106 cm³/mol. The van der Waals surface area contributed by atoms with Crippen LogP contribution in [0, 0.1) is 0 Å². The van der Waals surface area contributed by atoms with Crippen LogP contribution >= 0.6 is 11.3 Å². The lowest BCUT2D eigenvalue weighted by Gasteiger charge is -2.33. The molecule has 5 rings (SSSR count). The van der Waals surface area contributed by atoms with Gasteiger partial charge >= 0.3 is 0 Å². The number of morpholine rings is 1. The summed E-state index contributed by atoms with van der Waals surface area (Å²) in [7, 11) is 0. The number of amides is 1. The monoisotopic (exact) mass is 380 g/mol. The molecule has 1 atom stereocenters. The summed E-state index contributed by atoms with van der Waals surface area (Å²) in [5, 5.41) is 3.21. The van der Waals surface area contributed by atoms with Crippen molar-refractivity contribution in [3.63, 3.8) is 0 Å². The molecule has 1 saturated heterocycles. The van der Waals surface area contributed by atoms with Crippen molar-refractivity contribution in [1.82, 2.24) is 9.97 Å². The van der Waals surface area contributed by atoms with Crippen molar-refractivity contribution in [2.75, 3.05) is 24.6 Å². The molecule has 2 N–H and O–H groups in total. The first-order chi connectivity index (χ1) is 13.2. The van der Waals surface area contributed by atoms with Gasteiger partial charge in [0.1, 0.15) is 16.5 Å². The van der Waals surface area contributed by atoms with Crippen LogP contribution in [0.4, 0.5) is 5.82 Å². The zero-order valence-corrected chi connectivity index (χ0v) is 15.6. The summed E-state index contributed by atoms with van der Waals surface area (Å²) in [6.45, 7) is 1.57. The summed E-state index contributed by atoms with van der Waals surface area (Å²) in [4.78, 5) is 24.6. The van der Waals surface area contributed by atoms with Crippen LogP contribution in [0.1, 0.15) is 24.6 Å². The first-order valence-corrected chi connectivity index (χ1v) is 10.1. The van der Waals surface area contributed by atoms with Gasteiger partial charge in [0.2, 0.25) is 5.91 Å². The Morgan fingerprint density at radius 3 is 2.78 bits per heavy atom. The number of carbonyl (C=O) groups excluding carboxylic acids is 1. The summed E-state index contributed by atoms with van der Waals surface area (Å²) >= 11 is 1.65. The van der Waals surface area contributed by atoms with Crippen molar-refractivity contribution in [3.8, 4) is 11.1 Å². The normalized spacial score (nSPS) is 20.1. The minimum Gasteiger partial charge on any atom is -0.367 e. The Hall–Kier alpha value is -2.51. The summed E-state index contributed by atoms with van der Waals surface area (Å²) < 4.78 is 5.53. The number of hydrogen-bond donors (Lipinski definition) is 1. The second kappa shape index (κ2) is 6.58. The molecule has 0 radical (unpaired) electrons. The molecule has 1 amide bonds. The molecule has 3 aromatic rings. The highest BCUT2D eigenvalue weighted by Gasteiger charge is 2.32. The minimum atomic E-state index is -0.605. The van der Waals surface area contributed by atoms with Crippen LogP contribution in [0.25, 0.3) is 21.3 Å². The van der Waals surface area contributed by atoms with Gasteiger partial charge in [-0.3, -0.25) is 4.79 Å². The fourth-order valence-electron chi connectivity index (χ4n) is 3.54. The lowest BCUT2D eigenvalue weighted by Crippen LogP contribution is -2.48. The van der Waals surface area contributed by atoms with Crippen LogP contribution in [0.15, 0.2) is 35.7 Å². The Balaban J connectivity index is 1.66. The molecule has 27 heavy (non-hydrogen) atoms. The Labute approximate surface area is 161 Å². The van der Waals surface area contributed by atoms with Gasteiger partial charge in [-0.1, -0.05) is 30.3 Å². The Kier molecular flexibility index (Phi) is 4.06. The number of aromatic nitrogens is 2. The average molecular weight is 380 g/mol. The quantitative estimate of drug-likeness (QED) is 0.753. The van der Waals surface area contributed by atoms with E-state index in [2.05, 4.69) is 22.4 Å². The van der Waals surface area contributed by atoms with Crippen molar-refractivity contribution < 1.29 is 9.53 Å². The lowest BCUT2D eigenvalue weighted by molar-refractivity contribution is -0.130. The zero-order valence-electron chi connectivity index (χ0n) is 14.8. The maximum atomic E-state index is 11.7. The number of rotatable bonds is 4. The number of carbonyl (C=O) groups is 1. The van der Waals surface area contributed by atoms with E-state index in [-0.39, 0.29) is 0 Å². The van der Waals surface area contributed by atoms with E-state index < -0.39 is 12.0 Å². The van der Waals surface area contributed by atoms with Crippen LogP contribution in [0.3, 0.4) is 0 Å². The van der Waals surface area contributed by atoms with Crippen molar-refractivity contribution in [1.29, 1.82) is 0 Å². The SMILES string of the molecule is NC(=O)C1CN(c2nc(C3CC3)nc3scc(-c4ccccc4)c23)CCO1. The number of hydrogen-bond acceptors (Lipinski definition) is 6. The van der Waals surface area contributed by atoms with Crippen LogP contribution < -0.4 is 10.6 Å². The molecule has 7 heteroatoms. The first kappa shape index (κ1) is 16.6. The van der Waals surface area contributed by atoms with Crippen molar-refractivity contribution in [3.05, 3.63) is 41.5 Å². The highest BCUT2D eigenvalue weighted by atomic mass is 32.1. The Bertz CT molecular complexity index is 1000. The Morgan fingerprint density at radius 2 is 2.04 bits per heavy atom. The number of primary amides is 1. The van der Waals surface area contributed by atoms with Crippen LogP contribution in [-0.4, -0.2) is 41.7 Å². The third kappa shape index (κ3) is 3.07. The van der Waals surface area contributed by atoms with Crippen LogP contribution in [-0.2, 0) is 9.53 Å². The molecule has 1 aliphatic carbocycles. The van der Waals surface area contributed by atoms with E-state index in [0.29, 0.717) is 25.6 Å². The lowest BCUT2D eigenvalue weighted by atomic mass is 10.1. The molecule has 0 spiro atoms. The molecule has 1 unspecified atom stereocenters. The standard InChI is InChI=1S/C20H20N4O2S/c21-17(25)15-10-24(8-9-26-15)19-16-14(12-4-2-1-3-5-12)11-27-20(16)23-18(22-19)13-6-7-13/h1-5,11,13,15H,6-10H2,(H2,21,25). The number of anilines is 1. The molecule has 2 aliphatic rings.